The number of para-hydroxylation sites is 1. The first-order chi connectivity index (χ1) is 27.3. The number of furan rings is 1. The van der Waals surface area contributed by atoms with Gasteiger partial charge in [-0.2, -0.15) is 0 Å². The van der Waals surface area contributed by atoms with E-state index in [4.69, 9.17) is 19.4 Å². The summed E-state index contributed by atoms with van der Waals surface area (Å²) in [6, 6.07) is 65.7. The van der Waals surface area contributed by atoms with Gasteiger partial charge in [0, 0.05) is 27.3 Å². The van der Waals surface area contributed by atoms with Gasteiger partial charge in [-0.15, -0.1) is 0 Å². The van der Waals surface area contributed by atoms with Crippen LogP contribution in [0.25, 0.3) is 111 Å². The molecule has 4 nitrogen and oxygen atoms in total. The summed E-state index contributed by atoms with van der Waals surface area (Å²) in [6.45, 7) is 0. The van der Waals surface area contributed by atoms with Crippen molar-refractivity contribution in [2.24, 2.45) is 0 Å². The van der Waals surface area contributed by atoms with Crippen LogP contribution in [0, 0.1) is 0 Å². The summed E-state index contributed by atoms with van der Waals surface area (Å²) < 4.78 is 6.95. The topological polar surface area (TPSA) is 51.8 Å². The van der Waals surface area contributed by atoms with Crippen molar-refractivity contribution in [1.29, 1.82) is 0 Å². The summed E-state index contributed by atoms with van der Waals surface area (Å²) in [7, 11) is 0. The monoisotopic (exact) mass is 701 g/mol. The number of aromatic nitrogens is 3. The van der Waals surface area contributed by atoms with Gasteiger partial charge in [-0.1, -0.05) is 176 Å². The van der Waals surface area contributed by atoms with Crippen LogP contribution in [0.4, 0.5) is 0 Å². The van der Waals surface area contributed by atoms with Crippen molar-refractivity contribution in [1.82, 2.24) is 15.0 Å². The SMILES string of the molecule is c1ccc(-c2ccc(-c3cc4c5cccc(-c6nc(-c7cccc8ccccc78)nc(-c7cccc8ccccc78)n6)c5oc4c4ccccc34)cc2)cc1. The van der Waals surface area contributed by atoms with Crippen molar-refractivity contribution in [3.05, 3.63) is 188 Å². The second-order valence-corrected chi connectivity index (χ2v) is 13.9. The molecular formula is C51H31N3O. The molecule has 0 bridgehead atoms. The highest BCUT2D eigenvalue weighted by atomic mass is 16.3. The van der Waals surface area contributed by atoms with E-state index >= 15 is 0 Å². The fourth-order valence-corrected chi connectivity index (χ4v) is 8.09. The smallest absolute Gasteiger partial charge is 0.167 e. The zero-order valence-electron chi connectivity index (χ0n) is 29.6. The highest BCUT2D eigenvalue weighted by Gasteiger charge is 2.21. The molecule has 0 saturated heterocycles. The summed E-state index contributed by atoms with van der Waals surface area (Å²) in [5.41, 5.74) is 9.02. The number of hydrogen-bond donors (Lipinski definition) is 0. The van der Waals surface area contributed by atoms with Gasteiger partial charge in [-0.05, 0) is 61.3 Å². The van der Waals surface area contributed by atoms with Crippen LogP contribution in [-0.4, -0.2) is 15.0 Å². The van der Waals surface area contributed by atoms with Crippen LogP contribution in [0.1, 0.15) is 0 Å². The van der Waals surface area contributed by atoms with E-state index < -0.39 is 0 Å². The lowest BCUT2D eigenvalue weighted by Crippen LogP contribution is -2.01. The molecule has 0 unspecified atom stereocenters. The maximum atomic E-state index is 6.95. The lowest BCUT2D eigenvalue weighted by Gasteiger charge is -2.11. The zero-order valence-corrected chi connectivity index (χ0v) is 29.6. The van der Waals surface area contributed by atoms with Gasteiger partial charge >= 0.3 is 0 Å². The minimum Gasteiger partial charge on any atom is -0.455 e. The lowest BCUT2D eigenvalue weighted by atomic mass is 9.94. The van der Waals surface area contributed by atoms with Gasteiger partial charge in [0.05, 0.1) is 5.56 Å². The Kier molecular flexibility index (Phi) is 7.14. The van der Waals surface area contributed by atoms with Crippen molar-refractivity contribution in [2.45, 2.75) is 0 Å². The fourth-order valence-electron chi connectivity index (χ4n) is 8.09. The van der Waals surface area contributed by atoms with E-state index in [-0.39, 0.29) is 0 Å². The number of fused-ring (bicyclic) bond motifs is 7. The minimum atomic E-state index is 0.562. The van der Waals surface area contributed by atoms with Crippen LogP contribution >= 0.6 is 0 Å². The fraction of sp³-hybridized carbons (Fsp3) is 0. The molecule has 0 aliphatic carbocycles. The van der Waals surface area contributed by atoms with Crippen molar-refractivity contribution < 1.29 is 4.42 Å². The third kappa shape index (κ3) is 5.19. The van der Waals surface area contributed by atoms with Crippen molar-refractivity contribution in [3.63, 3.8) is 0 Å². The Morgan fingerprint density at radius 1 is 0.273 bits per heavy atom. The molecule has 11 rings (SSSR count). The van der Waals surface area contributed by atoms with Gasteiger partial charge in [0.15, 0.2) is 17.5 Å². The first-order valence-electron chi connectivity index (χ1n) is 18.5. The third-order valence-corrected chi connectivity index (χ3v) is 10.7. The van der Waals surface area contributed by atoms with Gasteiger partial charge < -0.3 is 4.42 Å². The van der Waals surface area contributed by atoms with Crippen LogP contribution in [0.3, 0.4) is 0 Å². The average Bonchev–Trinajstić information content (AvgIpc) is 3.65. The van der Waals surface area contributed by atoms with Crippen molar-refractivity contribution >= 4 is 54.3 Å². The van der Waals surface area contributed by atoms with E-state index in [1.54, 1.807) is 0 Å². The molecule has 4 heteroatoms. The second-order valence-electron chi connectivity index (χ2n) is 13.9. The number of rotatable bonds is 5. The number of benzene rings is 9. The molecule has 2 aromatic heterocycles. The van der Waals surface area contributed by atoms with Crippen LogP contribution in [0.2, 0.25) is 0 Å². The van der Waals surface area contributed by atoms with Crippen LogP contribution in [-0.2, 0) is 0 Å². The molecule has 0 amide bonds. The second kappa shape index (κ2) is 12.6. The Bertz CT molecular complexity index is 3150. The first-order valence-corrected chi connectivity index (χ1v) is 18.5. The van der Waals surface area contributed by atoms with Crippen LogP contribution in [0.15, 0.2) is 192 Å². The summed E-state index contributed by atoms with van der Waals surface area (Å²) in [4.78, 5) is 15.6. The molecule has 2 heterocycles. The van der Waals surface area contributed by atoms with Crippen molar-refractivity contribution in [2.75, 3.05) is 0 Å². The molecule has 0 N–H and O–H groups in total. The van der Waals surface area contributed by atoms with E-state index in [1.165, 1.54) is 11.1 Å². The van der Waals surface area contributed by atoms with Crippen molar-refractivity contribution in [3.8, 4) is 56.4 Å². The molecule has 11 aromatic rings. The Labute approximate surface area is 317 Å². The summed E-state index contributed by atoms with van der Waals surface area (Å²) >= 11 is 0. The largest absolute Gasteiger partial charge is 0.455 e. The first kappa shape index (κ1) is 31.1. The quantitative estimate of drug-likeness (QED) is 0.179. The molecule has 9 aromatic carbocycles. The standard InChI is InChI=1S/C51H31N3O/c1-2-13-32(14-3-1)33-27-29-36(30-28-33)45-31-46-41-23-12-26-44(47(41)55-48(46)40-22-9-8-21-39(40)45)51-53-49(42-24-10-17-34-15-4-6-19-37(34)42)52-50(54-51)43-25-11-18-35-16-5-7-20-38(35)43/h1-31H. The molecule has 0 aliphatic heterocycles. The van der Waals surface area contributed by atoms with Crippen LogP contribution < -0.4 is 0 Å². The average molecular weight is 702 g/mol. The van der Waals surface area contributed by atoms with E-state index in [1.807, 2.05) is 0 Å². The molecule has 0 atom stereocenters. The highest BCUT2D eigenvalue weighted by Crippen LogP contribution is 2.43. The van der Waals surface area contributed by atoms with E-state index in [0.717, 1.165) is 82.1 Å². The highest BCUT2D eigenvalue weighted by molar-refractivity contribution is 6.20. The molecular weight excluding hydrogens is 671 g/mol. The summed E-state index contributed by atoms with van der Waals surface area (Å²) in [5, 5.41) is 8.70. The van der Waals surface area contributed by atoms with E-state index in [0.29, 0.717) is 17.5 Å². The molecule has 256 valence electrons. The zero-order chi connectivity index (χ0) is 36.3. The molecule has 0 fully saturated rings. The Morgan fingerprint density at radius 3 is 1.36 bits per heavy atom. The van der Waals surface area contributed by atoms with E-state index in [9.17, 15) is 0 Å². The lowest BCUT2D eigenvalue weighted by molar-refractivity contribution is 0.673. The predicted molar refractivity (Wildman–Crippen MR) is 227 cm³/mol. The maximum absolute atomic E-state index is 6.95. The minimum absolute atomic E-state index is 0.562. The summed E-state index contributed by atoms with van der Waals surface area (Å²) in [6.07, 6.45) is 0. The number of nitrogens with zero attached hydrogens (tertiary/aromatic N) is 3. The van der Waals surface area contributed by atoms with Gasteiger partial charge in [0.25, 0.3) is 0 Å². The van der Waals surface area contributed by atoms with E-state index in [2.05, 4.69) is 188 Å². The van der Waals surface area contributed by atoms with Gasteiger partial charge in [0.2, 0.25) is 0 Å². The Morgan fingerprint density at radius 2 is 0.709 bits per heavy atom. The molecule has 0 spiro atoms. The van der Waals surface area contributed by atoms with Gasteiger partial charge in [-0.25, -0.2) is 15.0 Å². The van der Waals surface area contributed by atoms with Crippen LogP contribution in [0.5, 0.6) is 0 Å². The molecule has 0 radical (unpaired) electrons. The number of hydrogen-bond acceptors (Lipinski definition) is 4. The third-order valence-electron chi connectivity index (χ3n) is 10.7. The van der Waals surface area contributed by atoms with Gasteiger partial charge in [0.1, 0.15) is 11.2 Å². The predicted octanol–water partition coefficient (Wildman–Crippen LogP) is 13.6. The Hall–Kier alpha value is -7.43. The molecule has 0 aliphatic rings. The molecule has 0 saturated carbocycles. The Balaban J connectivity index is 1.14. The molecule has 55 heavy (non-hydrogen) atoms. The van der Waals surface area contributed by atoms with Gasteiger partial charge in [-0.3, -0.25) is 0 Å². The normalized spacial score (nSPS) is 11.6. The summed E-state index contributed by atoms with van der Waals surface area (Å²) in [5.74, 6) is 1.79. The maximum Gasteiger partial charge on any atom is 0.167 e.